The molecular formula is C18H28N2O. The van der Waals surface area contributed by atoms with E-state index in [1.165, 1.54) is 37.8 Å². The van der Waals surface area contributed by atoms with Crippen LogP contribution in [0.15, 0.2) is 30.3 Å². The van der Waals surface area contributed by atoms with Crippen LogP contribution in [0.4, 0.5) is 0 Å². The largest absolute Gasteiger partial charge is 0.391 e. The van der Waals surface area contributed by atoms with Gasteiger partial charge in [-0.2, -0.15) is 0 Å². The molecule has 1 aromatic carbocycles. The lowest BCUT2D eigenvalue weighted by molar-refractivity contribution is 0.0353. The summed E-state index contributed by atoms with van der Waals surface area (Å²) in [5.74, 6) is 0. The number of hydrogen-bond acceptors (Lipinski definition) is 3. The van der Waals surface area contributed by atoms with Crippen LogP contribution in [0.25, 0.3) is 0 Å². The molecule has 1 saturated heterocycles. The van der Waals surface area contributed by atoms with Crippen LogP contribution in [0, 0.1) is 0 Å². The highest BCUT2D eigenvalue weighted by Gasteiger charge is 2.32. The number of aryl methyl sites for hydroxylation is 1. The van der Waals surface area contributed by atoms with Crippen molar-refractivity contribution in [3.8, 4) is 0 Å². The van der Waals surface area contributed by atoms with Gasteiger partial charge in [-0.1, -0.05) is 30.3 Å². The Balaban J connectivity index is 1.36. The molecule has 3 heteroatoms. The highest BCUT2D eigenvalue weighted by atomic mass is 16.3. The van der Waals surface area contributed by atoms with E-state index in [-0.39, 0.29) is 6.10 Å². The molecule has 1 aliphatic heterocycles. The third-order valence-electron chi connectivity index (χ3n) is 5.10. The molecule has 1 N–H and O–H groups in total. The van der Waals surface area contributed by atoms with Gasteiger partial charge in [-0.25, -0.2) is 0 Å². The second-order valence-corrected chi connectivity index (χ2v) is 6.53. The highest BCUT2D eigenvalue weighted by Crippen LogP contribution is 2.25. The van der Waals surface area contributed by atoms with Crippen molar-refractivity contribution in [1.82, 2.24) is 9.80 Å². The molecule has 3 rings (SSSR count). The predicted molar refractivity (Wildman–Crippen MR) is 86.4 cm³/mol. The first-order valence-corrected chi connectivity index (χ1v) is 8.51. The molecule has 21 heavy (non-hydrogen) atoms. The Labute approximate surface area is 128 Å². The predicted octanol–water partition coefficient (Wildman–Crippen LogP) is 2.15. The van der Waals surface area contributed by atoms with E-state index in [0.29, 0.717) is 6.04 Å². The van der Waals surface area contributed by atoms with Crippen LogP contribution in [-0.4, -0.2) is 59.8 Å². The Bertz CT molecular complexity index is 414. The SMILES string of the molecule is O[C@H]1CCC[C@@H]1N1CCN(CCCc2ccccc2)CC1. The standard InChI is InChI=1S/C18H28N2O/c21-18-10-4-9-17(18)20-14-12-19(13-15-20)11-5-8-16-6-2-1-3-7-16/h1-3,6-7,17-18,21H,4-5,8-15H2/t17-,18-/m0/s1. The Kier molecular flexibility index (Phi) is 5.28. The van der Waals surface area contributed by atoms with Crippen molar-refractivity contribution in [2.24, 2.45) is 0 Å². The fraction of sp³-hybridized carbons (Fsp3) is 0.667. The van der Waals surface area contributed by atoms with Crippen LogP contribution in [0.5, 0.6) is 0 Å². The lowest BCUT2D eigenvalue weighted by Gasteiger charge is -2.39. The summed E-state index contributed by atoms with van der Waals surface area (Å²) in [6, 6.07) is 11.2. The second-order valence-electron chi connectivity index (χ2n) is 6.53. The average Bonchev–Trinajstić information content (AvgIpc) is 2.95. The molecule has 1 saturated carbocycles. The van der Waals surface area contributed by atoms with Crippen molar-refractivity contribution in [2.75, 3.05) is 32.7 Å². The summed E-state index contributed by atoms with van der Waals surface area (Å²) in [5, 5.41) is 10.0. The lowest BCUT2D eigenvalue weighted by atomic mass is 10.1. The number of nitrogens with zero attached hydrogens (tertiary/aromatic N) is 2. The van der Waals surface area contributed by atoms with Crippen LogP contribution >= 0.6 is 0 Å². The normalized spacial score (nSPS) is 28.0. The maximum Gasteiger partial charge on any atom is 0.0695 e. The fourth-order valence-electron chi connectivity index (χ4n) is 3.82. The van der Waals surface area contributed by atoms with Crippen LogP contribution in [0.1, 0.15) is 31.2 Å². The third kappa shape index (κ3) is 4.06. The zero-order valence-corrected chi connectivity index (χ0v) is 13.0. The molecule has 0 spiro atoms. The van der Waals surface area contributed by atoms with Crippen molar-refractivity contribution in [3.05, 3.63) is 35.9 Å². The average molecular weight is 288 g/mol. The summed E-state index contributed by atoms with van der Waals surface area (Å²) >= 11 is 0. The van der Waals surface area contributed by atoms with Gasteiger partial charge >= 0.3 is 0 Å². The van der Waals surface area contributed by atoms with Gasteiger partial charge in [-0.3, -0.25) is 4.90 Å². The minimum atomic E-state index is -0.0744. The maximum absolute atomic E-state index is 10.0. The van der Waals surface area contributed by atoms with E-state index < -0.39 is 0 Å². The van der Waals surface area contributed by atoms with Gasteiger partial charge in [0, 0.05) is 32.2 Å². The van der Waals surface area contributed by atoms with Crippen LogP contribution in [0.2, 0.25) is 0 Å². The Hall–Kier alpha value is -0.900. The Morgan fingerprint density at radius 1 is 1.00 bits per heavy atom. The first-order chi connectivity index (χ1) is 10.3. The zero-order chi connectivity index (χ0) is 14.5. The first-order valence-electron chi connectivity index (χ1n) is 8.51. The highest BCUT2D eigenvalue weighted by molar-refractivity contribution is 5.14. The smallest absolute Gasteiger partial charge is 0.0695 e. The summed E-state index contributed by atoms with van der Waals surface area (Å²) in [6.45, 7) is 5.80. The molecule has 0 aromatic heterocycles. The summed E-state index contributed by atoms with van der Waals surface area (Å²) in [5.41, 5.74) is 1.45. The molecule has 0 bridgehead atoms. The van der Waals surface area contributed by atoms with Gasteiger partial charge in [-0.15, -0.1) is 0 Å². The van der Waals surface area contributed by atoms with Gasteiger partial charge in [0.2, 0.25) is 0 Å². The fourth-order valence-corrected chi connectivity index (χ4v) is 3.82. The molecule has 116 valence electrons. The van der Waals surface area contributed by atoms with Gasteiger partial charge in [0.15, 0.2) is 0 Å². The monoisotopic (exact) mass is 288 g/mol. The second kappa shape index (κ2) is 7.39. The van der Waals surface area contributed by atoms with E-state index in [2.05, 4.69) is 40.1 Å². The van der Waals surface area contributed by atoms with Crippen molar-refractivity contribution in [2.45, 2.75) is 44.2 Å². The van der Waals surface area contributed by atoms with Crippen molar-refractivity contribution < 1.29 is 5.11 Å². The van der Waals surface area contributed by atoms with Crippen molar-refractivity contribution in [3.63, 3.8) is 0 Å². The molecule has 2 atom stereocenters. The molecule has 1 heterocycles. The minimum absolute atomic E-state index is 0.0744. The third-order valence-corrected chi connectivity index (χ3v) is 5.10. The zero-order valence-electron chi connectivity index (χ0n) is 13.0. The Morgan fingerprint density at radius 3 is 2.43 bits per heavy atom. The quantitative estimate of drug-likeness (QED) is 0.899. The molecule has 1 aliphatic carbocycles. The van der Waals surface area contributed by atoms with Gasteiger partial charge < -0.3 is 10.0 Å². The van der Waals surface area contributed by atoms with E-state index >= 15 is 0 Å². The first kappa shape index (κ1) is 15.0. The summed E-state index contributed by atoms with van der Waals surface area (Å²) in [6.07, 6.45) is 5.74. The van der Waals surface area contributed by atoms with Crippen LogP contribution in [-0.2, 0) is 6.42 Å². The molecule has 0 amide bonds. The van der Waals surface area contributed by atoms with Gasteiger partial charge in [0.05, 0.1) is 6.10 Å². The van der Waals surface area contributed by atoms with Gasteiger partial charge in [0.25, 0.3) is 0 Å². The molecular weight excluding hydrogens is 260 g/mol. The number of benzene rings is 1. The minimum Gasteiger partial charge on any atom is -0.391 e. The Morgan fingerprint density at radius 2 is 1.76 bits per heavy atom. The van der Waals surface area contributed by atoms with E-state index in [1.807, 2.05) is 0 Å². The van der Waals surface area contributed by atoms with E-state index in [4.69, 9.17) is 0 Å². The van der Waals surface area contributed by atoms with Crippen molar-refractivity contribution in [1.29, 1.82) is 0 Å². The van der Waals surface area contributed by atoms with E-state index in [0.717, 1.165) is 32.6 Å². The summed E-state index contributed by atoms with van der Waals surface area (Å²) < 4.78 is 0. The van der Waals surface area contributed by atoms with Crippen LogP contribution in [0.3, 0.4) is 0 Å². The molecule has 1 aromatic rings. The number of hydrogen-bond donors (Lipinski definition) is 1. The number of rotatable bonds is 5. The summed E-state index contributed by atoms with van der Waals surface area (Å²) in [4.78, 5) is 5.10. The molecule has 3 nitrogen and oxygen atoms in total. The lowest BCUT2D eigenvalue weighted by Crippen LogP contribution is -2.52. The number of piperazine rings is 1. The number of aliphatic hydroxyl groups excluding tert-OH is 1. The topological polar surface area (TPSA) is 26.7 Å². The van der Waals surface area contributed by atoms with Crippen LogP contribution < -0.4 is 0 Å². The van der Waals surface area contributed by atoms with E-state index in [1.54, 1.807) is 0 Å². The van der Waals surface area contributed by atoms with Crippen molar-refractivity contribution >= 4 is 0 Å². The van der Waals surface area contributed by atoms with Gasteiger partial charge in [-0.05, 0) is 44.2 Å². The molecule has 2 aliphatic rings. The van der Waals surface area contributed by atoms with Gasteiger partial charge in [0.1, 0.15) is 0 Å². The van der Waals surface area contributed by atoms with E-state index in [9.17, 15) is 5.11 Å². The molecule has 0 radical (unpaired) electrons. The molecule has 2 fully saturated rings. The maximum atomic E-state index is 10.0. The molecule has 0 unspecified atom stereocenters. The number of aliphatic hydroxyl groups is 1. The summed E-state index contributed by atoms with van der Waals surface area (Å²) in [7, 11) is 0.